The number of rotatable bonds is 6. The summed E-state index contributed by atoms with van der Waals surface area (Å²) in [5.74, 6) is 0.988. The van der Waals surface area contributed by atoms with Gasteiger partial charge in [0.05, 0.1) is 13.0 Å². The van der Waals surface area contributed by atoms with Crippen LogP contribution < -0.4 is 10.1 Å². The Balaban J connectivity index is 0.00000242. The molecule has 1 aromatic carbocycles. The third kappa shape index (κ3) is 5.81. The second-order valence-corrected chi connectivity index (χ2v) is 5.46. The highest BCUT2D eigenvalue weighted by atomic mass is 35.5. The number of likely N-dealkylation sites (tertiary alicyclic amines) is 1. The van der Waals surface area contributed by atoms with Gasteiger partial charge >= 0.3 is 0 Å². The molecule has 1 heterocycles. The molecule has 0 aliphatic carbocycles. The van der Waals surface area contributed by atoms with E-state index >= 15 is 0 Å². The van der Waals surface area contributed by atoms with Crippen molar-refractivity contribution in [1.82, 2.24) is 10.2 Å². The third-order valence-electron chi connectivity index (χ3n) is 3.76. The van der Waals surface area contributed by atoms with E-state index in [0.717, 1.165) is 26.1 Å². The zero-order chi connectivity index (χ0) is 15.1. The van der Waals surface area contributed by atoms with Crippen LogP contribution in [-0.2, 0) is 4.79 Å². The van der Waals surface area contributed by atoms with Gasteiger partial charge in [0.1, 0.15) is 11.6 Å². The highest BCUT2D eigenvalue weighted by Crippen LogP contribution is 2.17. The van der Waals surface area contributed by atoms with Crippen molar-refractivity contribution in [2.75, 3.05) is 33.3 Å². The molecule has 2 rings (SSSR count). The number of carbonyl (C=O) groups is 1. The summed E-state index contributed by atoms with van der Waals surface area (Å²) in [4.78, 5) is 14.1. The summed E-state index contributed by atoms with van der Waals surface area (Å²) in [6.45, 7) is 2.96. The lowest BCUT2D eigenvalue weighted by Gasteiger charge is -2.32. The standard InChI is InChI=1S/C16H23FN2O2.ClH/c1-18-11-13-3-2-9-19(12-13)16(20)8-10-21-15-6-4-14(17)5-7-15;/h4-7,13,18H,2-3,8-12H2,1H3;1H. The summed E-state index contributed by atoms with van der Waals surface area (Å²) in [5.41, 5.74) is 0. The molecule has 1 atom stereocenters. The predicted octanol–water partition coefficient (Wildman–Crippen LogP) is 2.47. The maximum Gasteiger partial charge on any atom is 0.226 e. The van der Waals surface area contributed by atoms with Crippen molar-refractivity contribution in [1.29, 1.82) is 0 Å². The Labute approximate surface area is 137 Å². The van der Waals surface area contributed by atoms with Crippen molar-refractivity contribution in [3.63, 3.8) is 0 Å². The van der Waals surface area contributed by atoms with Gasteiger partial charge in [0, 0.05) is 13.1 Å². The van der Waals surface area contributed by atoms with E-state index in [-0.39, 0.29) is 24.1 Å². The number of hydrogen-bond acceptors (Lipinski definition) is 3. The van der Waals surface area contributed by atoms with Crippen LogP contribution in [0.5, 0.6) is 5.75 Å². The Kier molecular flexibility index (Phi) is 8.20. The summed E-state index contributed by atoms with van der Waals surface area (Å²) in [7, 11) is 1.94. The minimum Gasteiger partial charge on any atom is -0.493 e. The van der Waals surface area contributed by atoms with Gasteiger partial charge < -0.3 is 15.0 Å². The molecule has 1 aromatic rings. The van der Waals surface area contributed by atoms with Crippen LogP contribution in [-0.4, -0.2) is 44.1 Å². The first kappa shape index (κ1) is 18.7. The molecule has 0 radical (unpaired) electrons. The molecule has 0 aromatic heterocycles. The highest BCUT2D eigenvalue weighted by Gasteiger charge is 2.22. The molecule has 124 valence electrons. The zero-order valence-electron chi connectivity index (χ0n) is 12.9. The van der Waals surface area contributed by atoms with Gasteiger partial charge in [0.25, 0.3) is 0 Å². The van der Waals surface area contributed by atoms with Crippen LogP contribution in [0, 0.1) is 11.7 Å². The van der Waals surface area contributed by atoms with E-state index in [4.69, 9.17) is 4.74 Å². The van der Waals surface area contributed by atoms with E-state index in [9.17, 15) is 9.18 Å². The lowest BCUT2D eigenvalue weighted by Crippen LogP contribution is -2.42. The minimum absolute atomic E-state index is 0. The molecule has 0 saturated carbocycles. The third-order valence-corrected chi connectivity index (χ3v) is 3.76. The molecule has 1 aliphatic rings. The average Bonchev–Trinajstić information content (AvgIpc) is 2.50. The van der Waals surface area contributed by atoms with Crippen LogP contribution >= 0.6 is 12.4 Å². The molecule has 1 aliphatic heterocycles. The van der Waals surface area contributed by atoms with Gasteiger partial charge in [-0.25, -0.2) is 4.39 Å². The van der Waals surface area contributed by atoms with E-state index in [1.165, 1.54) is 18.6 Å². The van der Waals surface area contributed by atoms with Gasteiger partial charge in [-0.1, -0.05) is 0 Å². The van der Waals surface area contributed by atoms with Crippen molar-refractivity contribution >= 4 is 18.3 Å². The second-order valence-electron chi connectivity index (χ2n) is 5.46. The molecular formula is C16H24ClFN2O2. The van der Waals surface area contributed by atoms with Crippen molar-refractivity contribution in [3.8, 4) is 5.75 Å². The largest absolute Gasteiger partial charge is 0.493 e. The summed E-state index contributed by atoms with van der Waals surface area (Å²) >= 11 is 0. The normalized spacial score (nSPS) is 17.7. The Morgan fingerprint density at radius 2 is 2.14 bits per heavy atom. The fourth-order valence-corrected chi connectivity index (χ4v) is 2.69. The Morgan fingerprint density at radius 1 is 1.41 bits per heavy atom. The van der Waals surface area contributed by atoms with Crippen LogP contribution in [0.3, 0.4) is 0 Å². The smallest absolute Gasteiger partial charge is 0.226 e. The Bertz CT molecular complexity index is 454. The topological polar surface area (TPSA) is 41.6 Å². The fourth-order valence-electron chi connectivity index (χ4n) is 2.69. The number of hydrogen-bond donors (Lipinski definition) is 1. The van der Waals surface area contributed by atoms with Crippen molar-refractivity contribution < 1.29 is 13.9 Å². The van der Waals surface area contributed by atoms with Crippen LogP contribution in [0.1, 0.15) is 19.3 Å². The van der Waals surface area contributed by atoms with E-state index in [1.807, 2.05) is 11.9 Å². The summed E-state index contributed by atoms with van der Waals surface area (Å²) < 4.78 is 18.2. The fraction of sp³-hybridized carbons (Fsp3) is 0.562. The van der Waals surface area contributed by atoms with E-state index < -0.39 is 0 Å². The number of nitrogens with one attached hydrogen (secondary N) is 1. The monoisotopic (exact) mass is 330 g/mol. The van der Waals surface area contributed by atoms with Crippen molar-refractivity contribution in [2.24, 2.45) is 5.92 Å². The molecule has 22 heavy (non-hydrogen) atoms. The van der Waals surface area contributed by atoms with Crippen LogP contribution in [0.25, 0.3) is 0 Å². The Hall–Kier alpha value is -1.33. The number of nitrogens with zero attached hydrogens (tertiary/aromatic N) is 1. The second kappa shape index (κ2) is 9.64. The van der Waals surface area contributed by atoms with E-state index in [1.54, 1.807) is 12.1 Å². The minimum atomic E-state index is -0.290. The maximum atomic E-state index is 12.8. The first-order valence-corrected chi connectivity index (χ1v) is 7.50. The molecule has 1 fully saturated rings. The first-order valence-electron chi connectivity index (χ1n) is 7.50. The SMILES string of the molecule is CNCC1CCCN(C(=O)CCOc2ccc(F)cc2)C1.Cl. The van der Waals surface area contributed by atoms with Crippen LogP contribution in [0.15, 0.2) is 24.3 Å². The number of piperidine rings is 1. The molecule has 6 heteroatoms. The number of ether oxygens (including phenoxy) is 1. The van der Waals surface area contributed by atoms with Crippen molar-refractivity contribution in [2.45, 2.75) is 19.3 Å². The average molecular weight is 331 g/mol. The van der Waals surface area contributed by atoms with Gasteiger partial charge in [-0.2, -0.15) is 0 Å². The molecule has 0 bridgehead atoms. The van der Waals surface area contributed by atoms with Crippen LogP contribution in [0.4, 0.5) is 4.39 Å². The van der Waals surface area contributed by atoms with Gasteiger partial charge in [0.2, 0.25) is 5.91 Å². The van der Waals surface area contributed by atoms with Crippen LogP contribution in [0.2, 0.25) is 0 Å². The van der Waals surface area contributed by atoms with Gasteiger partial charge in [-0.3, -0.25) is 4.79 Å². The summed E-state index contributed by atoms with van der Waals surface area (Å²) in [6, 6.07) is 5.85. The van der Waals surface area contributed by atoms with E-state index in [2.05, 4.69) is 5.32 Å². The number of halogens is 2. The van der Waals surface area contributed by atoms with Crippen molar-refractivity contribution in [3.05, 3.63) is 30.1 Å². The number of carbonyl (C=O) groups excluding carboxylic acids is 1. The maximum absolute atomic E-state index is 12.8. The van der Waals surface area contributed by atoms with Gasteiger partial charge in [-0.15, -0.1) is 12.4 Å². The van der Waals surface area contributed by atoms with E-state index in [0.29, 0.717) is 24.7 Å². The molecule has 1 unspecified atom stereocenters. The molecule has 1 saturated heterocycles. The molecule has 1 N–H and O–H groups in total. The zero-order valence-corrected chi connectivity index (χ0v) is 13.7. The van der Waals surface area contributed by atoms with Gasteiger partial charge in [-0.05, 0) is 56.6 Å². The number of amides is 1. The highest BCUT2D eigenvalue weighted by molar-refractivity contribution is 5.85. The number of benzene rings is 1. The Morgan fingerprint density at radius 3 is 2.82 bits per heavy atom. The predicted molar refractivity (Wildman–Crippen MR) is 87.0 cm³/mol. The first-order chi connectivity index (χ1) is 10.2. The molecule has 4 nitrogen and oxygen atoms in total. The molecule has 0 spiro atoms. The lowest BCUT2D eigenvalue weighted by molar-refractivity contribution is -0.133. The quantitative estimate of drug-likeness (QED) is 0.871. The summed E-state index contributed by atoms with van der Waals surface area (Å²) in [6.07, 6.45) is 2.61. The van der Waals surface area contributed by atoms with Gasteiger partial charge in [0.15, 0.2) is 0 Å². The molecular weight excluding hydrogens is 307 g/mol. The lowest BCUT2D eigenvalue weighted by atomic mass is 9.98. The molecule has 1 amide bonds. The summed E-state index contributed by atoms with van der Waals surface area (Å²) in [5, 5.41) is 3.17.